The summed E-state index contributed by atoms with van der Waals surface area (Å²) < 4.78 is 3.70. The first-order valence-electron chi connectivity index (χ1n) is 8.54. The van der Waals surface area contributed by atoms with Gasteiger partial charge in [-0.3, -0.25) is 0 Å². The van der Waals surface area contributed by atoms with E-state index in [9.17, 15) is 0 Å². The fourth-order valence-electron chi connectivity index (χ4n) is 3.72. The number of benzene rings is 1. The van der Waals surface area contributed by atoms with Crippen molar-refractivity contribution in [2.45, 2.75) is 70.9 Å². The number of hydrogen-bond acceptors (Lipinski definition) is 0. The number of rotatable bonds is 3. The topological polar surface area (TPSA) is 0 Å². The summed E-state index contributed by atoms with van der Waals surface area (Å²) in [6.45, 7) is 21.4. The molecule has 0 aliphatic rings. The van der Waals surface area contributed by atoms with Crippen LogP contribution in [0.5, 0.6) is 0 Å². The van der Waals surface area contributed by atoms with Crippen molar-refractivity contribution in [3.63, 3.8) is 0 Å². The molecule has 1 aromatic rings. The Morgan fingerprint density at radius 1 is 0.870 bits per heavy atom. The Labute approximate surface area is 157 Å². The second-order valence-corrected chi connectivity index (χ2v) is 21.7. The molecule has 0 bridgehead atoms. The van der Waals surface area contributed by atoms with Gasteiger partial charge >= 0.3 is 158 Å². The summed E-state index contributed by atoms with van der Waals surface area (Å²) in [4.78, 5) is 0. The predicted octanol–water partition coefficient (Wildman–Crippen LogP) is 6.27. The molecule has 1 radical (unpaired) electrons. The molecule has 0 unspecified atom stereocenters. The fraction of sp³-hybridized carbons (Fsp3) is 0.600. The Bertz CT molecular complexity index is 515. The average Bonchev–Trinajstić information content (AvgIpc) is 2.33. The Morgan fingerprint density at radius 3 is 1.65 bits per heavy atom. The summed E-state index contributed by atoms with van der Waals surface area (Å²) in [6, 6.07) is 10.8. The molecule has 127 valence electrons. The van der Waals surface area contributed by atoms with Gasteiger partial charge < -0.3 is 0 Å². The van der Waals surface area contributed by atoms with Gasteiger partial charge in [0, 0.05) is 0 Å². The van der Waals surface area contributed by atoms with Gasteiger partial charge in [-0.15, -0.1) is 0 Å². The van der Waals surface area contributed by atoms with Gasteiger partial charge in [-0.2, -0.15) is 0 Å². The van der Waals surface area contributed by atoms with Gasteiger partial charge in [-0.05, 0) is 0 Å². The first-order chi connectivity index (χ1) is 10.2. The van der Waals surface area contributed by atoms with Gasteiger partial charge in [0.2, 0.25) is 0 Å². The van der Waals surface area contributed by atoms with Crippen LogP contribution >= 0.6 is 10.0 Å². The second-order valence-electron chi connectivity index (χ2n) is 9.81. The Morgan fingerprint density at radius 2 is 1.30 bits per heavy atom. The van der Waals surface area contributed by atoms with Crippen molar-refractivity contribution < 1.29 is 0 Å². The van der Waals surface area contributed by atoms with Crippen LogP contribution in [-0.4, -0.2) is 27.6 Å². The van der Waals surface area contributed by atoms with Crippen molar-refractivity contribution in [2.24, 2.45) is 5.41 Å². The molecule has 0 nitrogen and oxygen atoms in total. The van der Waals surface area contributed by atoms with Gasteiger partial charge in [0.25, 0.3) is 0 Å². The van der Waals surface area contributed by atoms with Crippen LogP contribution in [0.15, 0.2) is 39.7 Å². The van der Waals surface area contributed by atoms with Crippen LogP contribution in [0.2, 0.25) is 8.55 Å². The molecule has 3 heteroatoms. The molecule has 0 heterocycles. The van der Waals surface area contributed by atoms with Gasteiger partial charge in [0.15, 0.2) is 0 Å². The SMILES string of the molecule is CC(C)(C)/C=[C](\[Al]([C](C)(C)C)[C](C)(C)C)[Ge]([Cl])[c]1ccccc1. The van der Waals surface area contributed by atoms with Crippen molar-refractivity contribution in [1.29, 1.82) is 0 Å². The summed E-state index contributed by atoms with van der Waals surface area (Å²) in [6.07, 6.45) is 2.54. The van der Waals surface area contributed by atoms with Gasteiger partial charge in [0.1, 0.15) is 0 Å². The molecule has 0 aliphatic carbocycles. The Balaban J connectivity index is 3.50. The number of allylic oxidation sites excluding steroid dienone is 1. The molecule has 1 rings (SSSR count). The van der Waals surface area contributed by atoms with E-state index in [0.717, 1.165) is 0 Å². The standard InChI is InChI=1S/C12H15ClGe.2C4H9.Al/c1-12(2,3)9-10-14(13)11-7-5-4-6-8-11;2*1-4(2)3;/h4-9H,1-3H3;2*1-3H3;. The van der Waals surface area contributed by atoms with Crippen LogP contribution < -0.4 is 4.40 Å². The van der Waals surface area contributed by atoms with E-state index < -0.39 is 27.6 Å². The Kier molecular flexibility index (Phi) is 7.15. The van der Waals surface area contributed by atoms with Crippen molar-refractivity contribution >= 4 is 42.0 Å². The maximum absolute atomic E-state index is 7.22. The third-order valence-electron chi connectivity index (χ3n) is 3.91. The summed E-state index contributed by atoms with van der Waals surface area (Å²) >= 11 is -3.21. The number of halogens is 1. The molecule has 0 amide bonds. The van der Waals surface area contributed by atoms with Crippen molar-refractivity contribution in [3.05, 3.63) is 39.7 Å². The van der Waals surface area contributed by atoms with Crippen LogP contribution in [0.3, 0.4) is 0 Å². The summed E-state index contributed by atoms with van der Waals surface area (Å²) in [5.41, 5.74) is 0.180. The van der Waals surface area contributed by atoms with Crippen molar-refractivity contribution in [2.75, 3.05) is 0 Å². The third-order valence-corrected chi connectivity index (χ3v) is 17.8. The van der Waals surface area contributed by atoms with Crippen LogP contribution in [0, 0.1) is 5.41 Å². The van der Waals surface area contributed by atoms with E-state index in [1.54, 1.807) is 3.27 Å². The van der Waals surface area contributed by atoms with Crippen LogP contribution in [-0.2, 0) is 0 Å². The molecule has 1 aromatic carbocycles. The molecule has 0 fully saturated rings. The summed E-state index contributed by atoms with van der Waals surface area (Å²) in [7, 11) is 7.22. The van der Waals surface area contributed by atoms with E-state index in [4.69, 9.17) is 10.0 Å². The zero-order valence-electron chi connectivity index (χ0n) is 16.4. The summed E-state index contributed by atoms with van der Waals surface area (Å²) in [5, 5.41) is 0. The first kappa shape index (κ1) is 21.4. The van der Waals surface area contributed by atoms with E-state index in [0.29, 0.717) is 8.55 Å². The van der Waals surface area contributed by atoms with Crippen LogP contribution in [0.25, 0.3) is 0 Å². The molecule has 0 aromatic heterocycles. The molecule has 0 saturated carbocycles. The molecule has 23 heavy (non-hydrogen) atoms. The van der Waals surface area contributed by atoms with Gasteiger partial charge in [-0.25, -0.2) is 0 Å². The minimum atomic E-state index is -1.96. The second kappa shape index (κ2) is 7.69. The molecule has 0 aliphatic heterocycles. The number of hydrogen-bond donors (Lipinski definition) is 0. The molecule has 0 saturated heterocycles. The van der Waals surface area contributed by atoms with Gasteiger partial charge in [0.05, 0.1) is 0 Å². The normalized spacial score (nSPS) is 14.3. The van der Waals surface area contributed by atoms with Crippen molar-refractivity contribution in [3.8, 4) is 0 Å². The molecular weight excluding hydrogens is 375 g/mol. The fourth-order valence-corrected chi connectivity index (χ4v) is 22.6. The quantitative estimate of drug-likeness (QED) is 0.517. The van der Waals surface area contributed by atoms with Crippen molar-refractivity contribution in [1.82, 2.24) is 0 Å². The molecule has 0 atom stereocenters. The third kappa shape index (κ3) is 6.62. The maximum atomic E-state index is 7.22. The average molecular weight is 409 g/mol. The molecular formula is C20H33AlClGe. The zero-order valence-corrected chi connectivity index (χ0v) is 20.4. The zero-order chi connectivity index (χ0) is 18.1. The monoisotopic (exact) mass is 409 g/mol. The Hall–Kier alpha value is 0.325. The van der Waals surface area contributed by atoms with Crippen LogP contribution in [0.1, 0.15) is 62.3 Å². The van der Waals surface area contributed by atoms with Gasteiger partial charge in [-0.1, -0.05) is 0 Å². The van der Waals surface area contributed by atoms with E-state index in [-0.39, 0.29) is 5.41 Å². The van der Waals surface area contributed by atoms with E-state index in [1.807, 2.05) is 0 Å². The predicted molar refractivity (Wildman–Crippen MR) is 110 cm³/mol. The van der Waals surface area contributed by atoms with E-state index in [1.165, 1.54) is 4.40 Å². The van der Waals surface area contributed by atoms with E-state index in [2.05, 4.69) is 98.7 Å². The minimum absolute atomic E-state index is 0.180. The first-order valence-corrected chi connectivity index (χ1v) is 15.1. The van der Waals surface area contributed by atoms with E-state index >= 15 is 0 Å². The van der Waals surface area contributed by atoms with Crippen LogP contribution in [0.4, 0.5) is 0 Å². The molecule has 0 spiro atoms. The summed E-state index contributed by atoms with van der Waals surface area (Å²) in [5.74, 6) is 0. The molecule has 0 N–H and O–H groups in total.